The molecule has 0 radical (unpaired) electrons. The van der Waals surface area contributed by atoms with E-state index < -0.39 is 5.69 Å². The van der Waals surface area contributed by atoms with Crippen molar-refractivity contribution in [2.24, 2.45) is 21.1 Å². The quantitative estimate of drug-likeness (QED) is 0.259. The standard InChI is InChI=1S/C11H15N5O3S2.Na/c1-14-6-7(15(2)10(18)16(3)8(6)17)13-9(14)12-4-5-19-11(20)21;/h4-5H2,1-3H3,(H,12,13)(H,20,21);/q;+1. The molecule has 114 valence electrons. The number of thiocarbonyl (C=S) groups is 1. The van der Waals surface area contributed by atoms with E-state index in [9.17, 15) is 9.59 Å². The average Bonchev–Trinajstić information content (AvgIpc) is 2.76. The molecule has 0 aliphatic rings. The van der Waals surface area contributed by atoms with E-state index in [1.165, 1.54) is 11.6 Å². The van der Waals surface area contributed by atoms with Gasteiger partial charge in [-0.05, 0) is 12.2 Å². The van der Waals surface area contributed by atoms with Crippen LogP contribution in [0.25, 0.3) is 11.2 Å². The number of imidazole rings is 1. The van der Waals surface area contributed by atoms with E-state index in [0.717, 1.165) is 4.57 Å². The van der Waals surface area contributed by atoms with Crippen LogP contribution in [0.15, 0.2) is 9.59 Å². The van der Waals surface area contributed by atoms with Crippen molar-refractivity contribution >= 4 is 46.3 Å². The molecule has 11 heteroatoms. The van der Waals surface area contributed by atoms with E-state index in [2.05, 4.69) is 35.1 Å². The van der Waals surface area contributed by atoms with Crippen LogP contribution in [0.4, 0.5) is 5.95 Å². The van der Waals surface area contributed by atoms with Crippen molar-refractivity contribution in [3.63, 3.8) is 0 Å². The number of aromatic nitrogens is 4. The first-order valence-corrected chi connectivity index (χ1v) is 6.92. The summed E-state index contributed by atoms with van der Waals surface area (Å²) in [6, 6.07) is 0. The maximum absolute atomic E-state index is 12.2. The molecule has 22 heavy (non-hydrogen) atoms. The van der Waals surface area contributed by atoms with E-state index in [0.29, 0.717) is 30.3 Å². The number of fused-ring (bicyclic) bond motifs is 1. The summed E-state index contributed by atoms with van der Waals surface area (Å²) in [6.45, 7) is 0.759. The fourth-order valence-corrected chi connectivity index (χ4v) is 2.15. The summed E-state index contributed by atoms with van der Waals surface area (Å²) in [5.74, 6) is 0.469. The number of rotatable bonds is 4. The number of ether oxygens (including phenoxy) is 1. The molecule has 2 heterocycles. The number of aryl methyl sites for hydroxylation is 2. The molecule has 0 amide bonds. The minimum absolute atomic E-state index is 0. The van der Waals surface area contributed by atoms with Crippen LogP contribution < -0.4 is 46.1 Å². The van der Waals surface area contributed by atoms with Gasteiger partial charge in [0.1, 0.15) is 6.61 Å². The Bertz CT molecular complexity index is 826. The third kappa shape index (κ3) is 3.57. The molecule has 0 saturated carbocycles. The van der Waals surface area contributed by atoms with Crippen molar-refractivity contribution in [2.45, 2.75) is 0 Å². The molecule has 8 nitrogen and oxygen atoms in total. The summed E-state index contributed by atoms with van der Waals surface area (Å²) in [5.41, 5.74) is -0.115. The van der Waals surface area contributed by atoms with Gasteiger partial charge in [0.2, 0.25) is 10.3 Å². The zero-order valence-electron chi connectivity index (χ0n) is 12.8. The smallest absolute Gasteiger partial charge is 0.477 e. The predicted octanol–water partition coefficient (Wildman–Crippen LogP) is -3.38. The Hall–Kier alpha value is -0.810. The third-order valence-electron chi connectivity index (χ3n) is 3.09. The molecule has 0 aliphatic carbocycles. The van der Waals surface area contributed by atoms with Gasteiger partial charge in [-0.15, -0.1) is 0 Å². The minimum Gasteiger partial charge on any atom is -0.477 e. The number of thiol groups is 1. The Morgan fingerprint density at radius 3 is 2.50 bits per heavy atom. The molecular formula is C11H15N5NaO3S2+. The second kappa shape index (κ2) is 7.64. The summed E-state index contributed by atoms with van der Waals surface area (Å²) in [6.07, 6.45) is 0. The number of hydrogen-bond acceptors (Lipinski definition) is 6. The van der Waals surface area contributed by atoms with Crippen molar-refractivity contribution in [3.05, 3.63) is 20.8 Å². The van der Waals surface area contributed by atoms with Gasteiger partial charge >= 0.3 is 35.2 Å². The van der Waals surface area contributed by atoms with Crippen molar-refractivity contribution in [2.75, 3.05) is 18.5 Å². The second-order valence-electron chi connectivity index (χ2n) is 4.41. The Kier molecular flexibility index (Phi) is 6.68. The molecule has 0 atom stereocenters. The molecule has 0 unspecified atom stereocenters. The van der Waals surface area contributed by atoms with Gasteiger partial charge in [0.25, 0.3) is 5.56 Å². The first-order valence-electron chi connectivity index (χ1n) is 6.06. The normalized spacial score (nSPS) is 10.4. The van der Waals surface area contributed by atoms with Crippen LogP contribution in [0.2, 0.25) is 0 Å². The Morgan fingerprint density at radius 1 is 1.27 bits per heavy atom. The van der Waals surface area contributed by atoms with Crippen LogP contribution in [0, 0.1) is 0 Å². The molecule has 0 spiro atoms. The SMILES string of the molecule is Cn1c(=O)c2c(nc(NCCOC(=S)S)n2C)n(C)c1=O.[Na+]. The van der Waals surface area contributed by atoms with Gasteiger partial charge in [-0.25, -0.2) is 4.79 Å². The van der Waals surface area contributed by atoms with Crippen LogP contribution >= 0.6 is 24.8 Å². The zero-order chi connectivity index (χ0) is 15.7. The molecule has 2 aromatic rings. The fourth-order valence-electron chi connectivity index (χ4n) is 1.98. The van der Waals surface area contributed by atoms with Crippen LogP contribution in [0.5, 0.6) is 0 Å². The Morgan fingerprint density at radius 2 is 1.91 bits per heavy atom. The van der Waals surface area contributed by atoms with Gasteiger partial charge in [0.15, 0.2) is 11.2 Å². The summed E-state index contributed by atoms with van der Waals surface area (Å²) in [4.78, 5) is 28.3. The molecule has 2 rings (SSSR count). The molecule has 0 fully saturated rings. The summed E-state index contributed by atoms with van der Waals surface area (Å²) < 4.78 is 9.20. The van der Waals surface area contributed by atoms with E-state index >= 15 is 0 Å². The largest absolute Gasteiger partial charge is 1.00 e. The predicted molar refractivity (Wildman–Crippen MR) is 87.2 cm³/mol. The number of hydrogen-bond donors (Lipinski definition) is 2. The van der Waals surface area contributed by atoms with Gasteiger partial charge in [-0.3, -0.25) is 13.9 Å². The maximum atomic E-state index is 12.2. The van der Waals surface area contributed by atoms with Gasteiger partial charge in [0.05, 0.1) is 6.54 Å². The van der Waals surface area contributed by atoms with Gasteiger partial charge in [-0.1, -0.05) is 12.6 Å². The van der Waals surface area contributed by atoms with Crippen molar-refractivity contribution in [1.29, 1.82) is 0 Å². The molecule has 1 N–H and O–H groups in total. The maximum Gasteiger partial charge on any atom is 1.00 e. The Labute approximate surface area is 159 Å². The number of nitrogens with one attached hydrogen (secondary N) is 1. The minimum atomic E-state index is -0.416. The number of nitrogens with zero attached hydrogens (tertiary/aromatic N) is 4. The Balaban J connectivity index is 0.00000242. The van der Waals surface area contributed by atoms with Crippen LogP contribution in [0.3, 0.4) is 0 Å². The first-order chi connectivity index (χ1) is 9.84. The van der Waals surface area contributed by atoms with Crippen LogP contribution in [-0.4, -0.2) is 36.2 Å². The van der Waals surface area contributed by atoms with E-state index in [1.807, 2.05) is 0 Å². The molecule has 0 bridgehead atoms. The zero-order valence-corrected chi connectivity index (χ0v) is 16.5. The van der Waals surface area contributed by atoms with Gasteiger partial charge in [-0.2, -0.15) is 4.98 Å². The van der Waals surface area contributed by atoms with Crippen molar-refractivity contribution in [1.82, 2.24) is 18.7 Å². The molecule has 0 aromatic carbocycles. The summed E-state index contributed by atoms with van der Waals surface area (Å²) in [5, 5.41) is 3.02. The molecular weight excluding hydrogens is 337 g/mol. The topological polar surface area (TPSA) is 83.1 Å². The summed E-state index contributed by atoms with van der Waals surface area (Å²) in [7, 11) is 4.71. The van der Waals surface area contributed by atoms with Crippen molar-refractivity contribution in [3.8, 4) is 0 Å². The summed E-state index contributed by atoms with van der Waals surface area (Å²) >= 11 is 8.53. The fraction of sp³-hybridized carbons (Fsp3) is 0.455. The van der Waals surface area contributed by atoms with Crippen LogP contribution in [0.1, 0.15) is 0 Å². The average molecular weight is 352 g/mol. The molecule has 0 saturated heterocycles. The van der Waals surface area contributed by atoms with Crippen LogP contribution in [-0.2, 0) is 25.9 Å². The second-order valence-corrected chi connectivity index (χ2v) is 5.49. The molecule has 0 aliphatic heterocycles. The van der Waals surface area contributed by atoms with E-state index in [-0.39, 0.29) is 39.5 Å². The first kappa shape index (κ1) is 19.2. The molecule has 2 aromatic heterocycles. The van der Waals surface area contributed by atoms with Crippen molar-refractivity contribution < 1.29 is 34.3 Å². The van der Waals surface area contributed by atoms with Gasteiger partial charge < -0.3 is 14.6 Å². The van der Waals surface area contributed by atoms with Gasteiger partial charge in [0, 0.05) is 21.1 Å². The van der Waals surface area contributed by atoms with E-state index in [4.69, 9.17) is 4.74 Å². The monoisotopic (exact) mass is 352 g/mol. The third-order valence-corrected chi connectivity index (χ3v) is 3.33. The number of anilines is 1. The van der Waals surface area contributed by atoms with E-state index in [1.54, 1.807) is 18.7 Å².